The Hall–Kier alpha value is -4.72. The van der Waals surface area contributed by atoms with Gasteiger partial charge in [-0.2, -0.15) is 23.1 Å². The second-order valence-corrected chi connectivity index (χ2v) is 10.2. The number of aromatic nitrogens is 6. The lowest BCUT2D eigenvalue weighted by Gasteiger charge is -2.19. The van der Waals surface area contributed by atoms with Gasteiger partial charge in [-0.15, -0.1) is 10.2 Å². The highest BCUT2D eigenvalue weighted by molar-refractivity contribution is 7.14. The summed E-state index contributed by atoms with van der Waals surface area (Å²) >= 11 is 1.35. The second kappa shape index (κ2) is 9.79. The lowest BCUT2D eigenvalue weighted by Crippen LogP contribution is -2.17. The zero-order chi connectivity index (χ0) is 28.0. The molecule has 5 heterocycles. The number of amides is 1. The van der Waals surface area contributed by atoms with E-state index in [9.17, 15) is 18.0 Å². The van der Waals surface area contributed by atoms with Crippen LogP contribution in [0.5, 0.6) is 0 Å². The quantitative estimate of drug-likeness (QED) is 0.321. The summed E-state index contributed by atoms with van der Waals surface area (Å²) in [5.41, 5.74) is 2.84. The maximum absolute atomic E-state index is 13.1. The number of carbonyl (C=O) groups excluding carboxylic acids is 1. The number of hydrogen-bond donors (Lipinski definition) is 2. The van der Waals surface area contributed by atoms with E-state index >= 15 is 0 Å². The first-order valence-electron chi connectivity index (χ1n) is 12.1. The Kier molecular flexibility index (Phi) is 6.25. The van der Waals surface area contributed by atoms with Gasteiger partial charge in [0.1, 0.15) is 22.3 Å². The van der Waals surface area contributed by atoms with Crippen LogP contribution < -0.4 is 16.3 Å². The molecule has 6 rings (SSSR count). The fourth-order valence-corrected chi connectivity index (χ4v) is 5.01. The van der Waals surface area contributed by atoms with Gasteiger partial charge in [-0.1, -0.05) is 17.4 Å². The van der Waals surface area contributed by atoms with E-state index in [2.05, 4.69) is 40.8 Å². The van der Waals surface area contributed by atoms with Crippen molar-refractivity contribution in [2.75, 3.05) is 17.2 Å². The molecule has 3 aliphatic rings. The van der Waals surface area contributed by atoms with Crippen LogP contribution >= 0.6 is 11.3 Å². The molecule has 0 radical (unpaired) electrons. The molecule has 202 valence electrons. The van der Waals surface area contributed by atoms with Crippen LogP contribution in [-0.2, 0) is 12.7 Å². The van der Waals surface area contributed by atoms with E-state index < -0.39 is 17.6 Å². The number of alkyl halides is 3. The van der Waals surface area contributed by atoms with Gasteiger partial charge in [0.2, 0.25) is 5.13 Å². The van der Waals surface area contributed by atoms with Crippen LogP contribution in [0.25, 0.3) is 22.5 Å². The van der Waals surface area contributed by atoms with Crippen LogP contribution in [0.3, 0.4) is 0 Å². The van der Waals surface area contributed by atoms with Gasteiger partial charge >= 0.3 is 6.18 Å². The molecule has 0 bridgehead atoms. The van der Waals surface area contributed by atoms with Crippen molar-refractivity contribution >= 4 is 33.9 Å². The number of nitrogens with one attached hydrogen (secondary N) is 2. The van der Waals surface area contributed by atoms with Crippen LogP contribution in [0.15, 0.2) is 53.8 Å². The van der Waals surface area contributed by atoms with Crippen LogP contribution in [0.4, 0.5) is 29.8 Å². The van der Waals surface area contributed by atoms with Gasteiger partial charge in [-0.05, 0) is 55.3 Å². The van der Waals surface area contributed by atoms with E-state index in [1.165, 1.54) is 11.3 Å². The maximum Gasteiger partial charge on any atom is 0.416 e. The average Bonchev–Trinajstić information content (AvgIpc) is 3.58. The molecule has 0 saturated carbocycles. The number of fused-ring (bicyclic) bond motifs is 3. The molecule has 0 spiro atoms. The van der Waals surface area contributed by atoms with Crippen LogP contribution in [0, 0.1) is 13.8 Å². The number of pyridine rings is 2. The first-order valence-corrected chi connectivity index (χ1v) is 12.9. The highest BCUT2D eigenvalue weighted by Gasteiger charge is 2.31. The number of anilines is 2. The van der Waals surface area contributed by atoms with Crippen molar-refractivity contribution in [3.8, 4) is 22.5 Å². The summed E-state index contributed by atoms with van der Waals surface area (Å²) in [4.78, 5) is 30.0. The van der Waals surface area contributed by atoms with E-state index in [0.29, 0.717) is 29.7 Å². The van der Waals surface area contributed by atoms with Crippen molar-refractivity contribution in [1.29, 1.82) is 0 Å². The number of hydrogen-bond acceptors (Lipinski definition) is 9. The zero-order valence-electron chi connectivity index (χ0n) is 21.1. The third kappa shape index (κ3) is 4.88. The Labute approximate surface area is 229 Å². The Morgan fingerprint density at radius 2 is 1.95 bits per heavy atom. The lowest BCUT2D eigenvalue weighted by atomic mass is 9.98. The van der Waals surface area contributed by atoms with Gasteiger partial charge in [0.15, 0.2) is 0 Å². The first kappa shape index (κ1) is 25.6. The van der Waals surface area contributed by atoms with Crippen LogP contribution in [-0.4, -0.2) is 42.2 Å². The third-order valence-electron chi connectivity index (χ3n) is 6.31. The zero-order valence-corrected chi connectivity index (χ0v) is 21.9. The molecule has 40 heavy (non-hydrogen) atoms. The molecule has 0 unspecified atom stereocenters. The van der Waals surface area contributed by atoms with E-state index in [-0.39, 0.29) is 11.3 Å². The minimum Gasteiger partial charge on any atom is -0.369 e. The highest BCUT2D eigenvalue weighted by atomic mass is 32.1. The molecular weight excluding hydrogens is 543 g/mol. The fourth-order valence-electron chi connectivity index (χ4n) is 4.45. The predicted molar refractivity (Wildman–Crippen MR) is 142 cm³/mol. The standard InChI is InChI=1S/C26H20F3N9OS/c1-13-3-4-17(33-23(39)20-10-16(5-6-30-20)26(27,28)29)11-18(13)19-9-15-12-32-24(35-25-37-36-14(2)40-25)34-21(15)38-8-7-31-22(19)38/h3-6,9-12,31H,7-8H2,1-2H3,(H,33,39)/b35-24-. The maximum atomic E-state index is 13.1. The Morgan fingerprint density at radius 1 is 1.10 bits per heavy atom. The molecule has 2 aromatic heterocycles. The van der Waals surface area contributed by atoms with Crippen molar-refractivity contribution in [3.05, 3.63) is 76.2 Å². The summed E-state index contributed by atoms with van der Waals surface area (Å²) in [6, 6.07) is 8.82. The van der Waals surface area contributed by atoms with Crippen LogP contribution in [0.2, 0.25) is 0 Å². The summed E-state index contributed by atoms with van der Waals surface area (Å²) in [6.45, 7) is 5.14. The van der Waals surface area contributed by atoms with Gasteiger partial charge in [-0.25, -0.2) is 4.98 Å². The minimum atomic E-state index is -4.58. The van der Waals surface area contributed by atoms with Gasteiger partial charge in [0.25, 0.3) is 11.5 Å². The number of aryl methyl sites for hydroxylation is 2. The Balaban J connectivity index is 1.37. The number of halogens is 3. The second-order valence-electron chi connectivity index (χ2n) is 9.06. The lowest BCUT2D eigenvalue weighted by molar-refractivity contribution is -0.137. The fraction of sp³-hybridized carbons (Fsp3) is 0.192. The number of nitrogens with zero attached hydrogens (tertiary/aromatic N) is 7. The van der Waals surface area contributed by atoms with Gasteiger partial charge < -0.3 is 15.2 Å². The molecule has 0 fully saturated rings. The molecule has 0 aliphatic carbocycles. The van der Waals surface area contributed by atoms with E-state index in [1.54, 1.807) is 18.3 Å². The Morgan fingerprint density at radius 3 is 2.73 bits per heavy atom. The molecule has 1 aromatic carbocycles. The van der Waals surface area contributed by atoms with Gasteiger partial charge in [0.05, 0.1) is 5.56 Å². The largest absolute Gasteiger partial charge is 0.416 e. The monoisotopic (exact) mass is 563 g/mol. The summed E-state index contributed by atoms with van der Waals surface area (Å²) in [5, 5.41) is 15.3. The molecule has 14 heteroatoms. The molecule has 0 atom stereocenters. The molecule has 3 aromatic rings. The van der Waals surface area contributed by atoms with Gasteiger partial charge in [0, 0.05) is 42.3 Å². The summed E-state index contributed by atoms with van der Waals surface area (Å²) < 4.78 is 41.3. The first-order chi connectivity index (χ1) is 19.2. The molecular formula is C26H20F3N9OS. The van der Waals surface area contributed by atoms with E-state index in [0.717, 1.165) is 51.4 Å². The van der Waals surface area contributed by atoms with Crippen molar-refractivity contribution in [3.63, 3.8) is 0 Å². The third-order valence-corrected chi connectivity index (χ3v) is 7.04. The van der Waals surface area contributed by atoms with Gasteiger partial charge in [-0.3, -0.25) is 9.78 Å². The minimum absolute atomic E-state index is 0.280. The average molecular weight is 564 g/mol. The normalized spacial score (nSPS) is 13.4. The molecule has 0 saturated heterocycles. The topological polar surface area (TPSA) is 123 Å². The highest BCUT2D eigenvalue weighted by Crippen LogP contribution is 2.39. The van der Waals surface area contributed by atoms with E-state index in [1.807, 2.05) is 30.5 Å². The summed E-state index contributed by atoms with van der Waals surface area (Å²) in [7, 11) is 0. The SMILES string of the molecule is Cc1nnc(/N=c2/ncc3cc(-c4cc(NC(=O)c5cc(C(F)(F)F)ccn5)ccc4C)c4n(c-3n2)CCN4)s1. The molecule has 1 amide bonds. The van der Waals surface area contributed by atoms with Crippen molar-refractivity contribution in [2.45, 2.75) is 26.6 Å². The molecule has 10 nitrogen and oxygen atoms in total. The smallest absolute Gasteiger partial charge is 0.369 e. The number of rotatable bonds is 4. The van der Waals surface area contributed by atoms with Crippen molar-refractivity contribution in [2.24, 2.45) is 4.99 Å². The number of benzene rings is 1. The predicted octanol–water partition coefficient (Wildman–Crippen LogP) is 4.84. The Bertz CT molecular complexity index is 1810. The molecule has 3 aliphatic heterocycles. The van der Waals surface area contributed by atoms with Crippen molar-refractivity contribution in [1.82, 2.24) is 29.7 Å². The van der Waals surface area contributed by atoms with E-state index in [4.69, 9.17) is 0 Å². The van der Waals surface area contributed by atoms with Crippen molar-refractivity contribution < 1.29 is 18.0 Å². The number of carbonyl (C=O) groups is 1. The molecule has 2 N–H and O–H groups in total. The summed E-state index contributed by atoms with van der Waals surface area (Å²) in [6.07, 6.45) is -1.91. The van der Waals surface area contributed by atoms with Crippen LogP contribution in [0.1, 0.15) is 26.6 Å². The summed E-state index contributed by atoms with van der Waals surface area (Å²) in [5.74, 6) is 0.805.